The van der Waals surface area contributed by atoms with Gasteiger partial charge in [0.1, 0.15) is 0 Å². The minimum Gasteiger partial charge on any atom is -0.442 e. The molecule has 0 radical (unpaired) electrons. The number of hydrogen-bond acceptors (Lipinski definition) is 4. The summed E-state index contributed by atoms with van der Waals surface area (Å²) in [7, 11) is 0. The Morgan fingerprint density at radius 3 is 2.82 bits per heavy atom. The number of anilines is 1. The lowest BCUT2D eigenvalue weighted by Crippen LogP contribution is -2.14. The quantitative estimate of drug-likeness (QED) is 0.740. The van der Waals surface area contributed by atoms with Gasteiger partial charge in [0.25, 0.3) is 5.91 Å². The van der Waals surface area contributed by atoms with Gasteiger partial charge in [-0.25, -0.2) is 4.98 Å². The Kier molecular flexibility index (Phi) is 4.00. The van der Waals surface area contributed by atoms with E-state index in [0.29, 0.717) is 16.5 Å². The minimum atomic E-state index is -0.319. The molecule has 3 rings (SSSR count). The van der Waals surface area contributed by atoms with Crippen LogP contribution in [0.3, 0.4) is 0 Å². The third kappa shape index (κ3) is 2.91. The Balaban J connectivity index is 1.90. The number of aryl methyl sites for hydroxylation is 2. The van der Waals surface area contributed by atoms with Crippen molar-refractivity contribution in [2.75, 3.05) is 5.32 Å². The Hall–Kier alpha value is -2.11. The van der Waals surface area contributed by atoms with Crippen molar-refractivity contribution in [2.45, 2.75) is 13.8 Å². The number of hydrogen-bond donors (Lipinski definition) is 1. The van der Waals surface area contributed by atoms with Crippen molar-refractivity contribution in [3.05, 3.63) is 57.9 Å². The number of halogens is 1. The molecule has 0 aliphatic rings. The molecule has 22 heavy (non-hydrogen) atoms. The van der Waals surface area contributed by atoms with Crippen molar-refractivity contribution in [3.8, 4) is 10.6 Å². The van der Waals surface area contributed by atoms with Crippen molar-refractivity contribution >= 4 is 34.5 Å². The standard InChI is InChI=1S/C16H13ClN2O2S/c1-9-3-5-11(17)7-12(9)19-16(20)14-15(21-8-18-14)13-6-4-10(2)22-13/h3-8H,1-2H3,(H,19,20). The zero-order valence-electron chi connectivity index (χ0n) is 12.0. The second-order valence-electron chi connectivity index (χ2n) is 4.85. The van der Waals surface area contributed by atoms with Gasteiger partial charge in [0.05, 0.1) is 4.88 Å². The average molecular weight is 333 g/mol. The lowest BCUT2D eigenvalue weighted by atomic mass is 10.2. The van der Waals surface area contributed by atoms with Gasteiger partial charge in [-0.3, -0.25) is 4.79 Å². The van der Waals surface area contributed by atoms with Crippen LogP contribution in [0.2, 0.25) is 5.02 Å². The Labute approximate surface area is 136 Å². The fourth-order valence-electron chi connectivity index (χ4n) is 2.05. The highest BCUT2D eigenvalue weighted by Gasteiger charge is 2.20. The maximum atomic E-state index is 12.5. The summed E-state index contributed by atoms with van der Waals surface area (Å²) in [5.41, 5.74) is 1.85. The SMILES string of the molecule is Cc1ccc(-c2ocnc2C(=O)Nc2cc(Cl)ccc2C)s1. The number of benzene rings is 1. The van der Waals surface area contributed by atoms with Gasteiger partial charge >= 0.3 is 0 Å². The maximum Gasteiger partial charge on any atom is 0.278 e. The van der Waals surface area contributed by atoms with Crippen LogP contribution in [-0.2, 0) is 0 Å². The second-order valence-corrected chi connectivity index (χ2v) is 6.58. The van der Waals surface area contributed by atoms with E-state index in [0.717, 1.165) is 15.3 Å². The van der Waals surface area contributed by atoms with Gasteiger partial charge in [0, 0.05) is 15.6 Å². The van der Waals surface area contributed by atoms with Gasteiger partial charge in [-0.1, -0.05) is 17.7 Å². The van der Waals surface area contributed by atoms with E-state index in [1.807, 2.05) is 32.0 Å². The highest BCUT2D eigenvalue weighted by molar-refractivity contribution is 7.15. The number of amides is 1. The lowest BCUT2D eigenvalue weighted by molar-refractivity contribution is 0.102. The van der Waals surface area contributed by atoms with Gasteiger partial charge in [0.2, 0.25) is 0 Å². The monoisotopic (exact) mass is 332 g/mol. The number of carbonyl (C=O) groups is 1. The fourth-order valence-corrected chi connectivity index (χ4v) is 3.08. The molecule has 0 aliphatic carbocycles. The number of carbonyl (C=O) groups excluding carboxylic acids is 1. The molecule has 0 saturated carbocycles. The molecule has 2 aromatic heterocycles. The first-order valence-corrected chi connectivity index (χ1v) is 7.82. The molecule has 0 fully saturated rings. The molecule has 1 amide bonds. The zero-order valence-corrected chi connectivity index (χ0v) is 13.6. The predicted molar refractivity (Wildman–Crippen MR) is 88.7 cm³/mol. The number of nitrogens with one attached hydrogen (secondary N) is 1. The molecule has 0 aliphatic heterocycles. The summed E-state index contributed by atoms with van der Waals surface area (Å²) < 4.78 is 5.39. The molecule has 2 heterocycles. The summed E-state index contributed by atoms with van der Waals surface area (Å²) in [4.78, 5) is 18.5. The normalized spacial score (nSPS) is 10.7. The highest BCUT2D eigenvalue weighted by atomic mass is 35.5. The van der Waals surface area contributed by atoms with E-state index >= 15 is 0 Å². The van der Waals surface area contributed by atoms with E-state index in [-0.39, 0.29) is 11.6 Å². The summed E-state index contributed by atoms with van der Waals surface area (Å²) in [5, 5.41) is 3.39. The second kappa shape index (κ2) is 5.94. The number of thiophene rings is 1. The van der Waals surface area contributed by atoms with Crippen LogP contribution in [0.25, 0.3) is 10.6 Å². The molecule has 0 unspecified atom stereocenters. The fraction of sp³-hybridized carbons (Fsp3) is 0.125. The summed E-state index contributed by atoms with van der Waals surface area (Å²) in [5.74, 6) is 0.162. The topological polar surface area (TPSA) is 55.1 Å². The molecule has 6 heteroatoms. The first-order chi connectivity index (χ1) is 10.5. The molecule has 4 nitrogen and oxygen atoms in total. The Morgan fingerprint density at radius 1 is 1.27 bits per heavy atom. The van der Waals surface area contributed by atoms with Crippen molar-refractivity contribution < 1.29 is 9.21 Å². The minimum absolute atomic E-state index is 0.265. The van der Waals surface area contributed by atoms with Crippen LogP contribution in [0.1, 0.15) is 20.9 Å². The molecular formula is C16H13ClN2O2S. The number of rotatable bonds is 3. The van der Waals surface area contributed by atoms with E-state index in [9.17, 15) is 4.79 Å². The van der Waals surface area contributed by atoms with Gasteiger partial charge in [-0.05, 0) is 43.7 Å². The van der Waals surface area contributed by atoms with E-state index < -0.39 is 0 Å². The van der Waals surface area contributed by atoms with E-state index in [1.54, 1.807) is 23.5 Å². The lowest BCUT2D eigenvalue weighted by Gasteiger charge is -2.07. The van der Waals surface area contributed by atoms with Gasteiger partial charge in [-0.2, -0.15) is 0 Å². The van der Waals surface area contributed by atoms with Crippen molar-refractivity contribution in [3.63, 3.8) is 0 Å². The van der Waals surface area contributed by atoms with Crippen LogP contribution in [0.5, 0.6) is 0 Å². The molecule has 0 saturated heterocycles. The summed E-state index contributed by atoms with van der Waals surface area (Å²) >= 11 is 7.53. The van der Waals surface area contributed by atoms with Crippen LogP contribution in [0.4, 0.5) is 5.69 Å². The van der Waals surface area contributed by atoms with Crippen LogP contribution < -0.4 is 5.32 Å². The summed E-state index contributed by atoms with van der Waals surface area (Å²) in [6.45, 7) is 3.90. The highest BCUT2D eigenvalue weighted by Crippen LogP contribution is 2.30. The van der Waals surface area contributed by atoms with E-state index in [4.69, 9.17) is 16.0 Å². The number of oxazole rings is 1. The molecular weight excluding hydrogens is 320 g/mol. The van der Waals surface area contributed by atoms with Crippen molar-refractivity contribution in [2.24, 2.45) is 0 Å². The molecule has 1 aromatic carbocycles. The first kappa shape index (κ1) is 14.8. The van der Waals surface area contributed by atoms with Gasteiger partial charge in [-0.15, -0.1) is 11.3 Å². The van der Waals surface area contributed by atoms with Gasteiger partial charge in [0.15, 0.2) is 17.8 Å². The van der Waals surface area contributed by atoms with Crippen LogP contribution in [0, 0.1) is 13.8 Å². The maximum absolute atomic E-state index is 12.5. The largest absolute Gasteiger partial charge is 0.442 e. The molecule has 0 spiro atoms. The predicted octanol–water partition coefficient (Wildman–Crippen LogP) is 4.93. The average Bonchev–Trinajstić information content (AvgIpc) is 3.11. The van der Waals surface area contributed by atoms with E-state index in [2.05, 4.69) is 10.3 Å². The van der Waals surface area contributed by atoms with Crippen LogP contribution in [0.15, 0.2) is 41.1 Å². The molecule has 0 bridgehead atoms. The zero-order chi connectivity index (χ0) is 15.7. The van der Waals surface area contributed by atoms with Crippen LogP contribution in [-0.4, -0.2) is 10.9 Å². The Bertz CT molecular complexity index is 838. The third-order valence-electron chi connectivity index (χ3n) is 3.19. The first-order valence-electron chi connectivity index (χ1n) is 6.62. The third-order valence-corrected chi connectivity index (χ3v) is 4.43. The van der Waals surface area contributed by atoms with E-state index in [1.165, 1.54) is 6.39 Å². The smallest absolute Gasteiger partial charge is 0.278 e. The Morgan fingerprint density at radius 2 is 2.09 bits per heavy atom. The van der Waals surface area contributed by atoms with Crippen LogP contribution >= 0.6 is 22.9 Å². The van der Waals surface area contributed by atoms with Gasteiger partial charge < -0.3 is 9.73 Å². The molecule has 3 aromatic rings. The molecule has 0 atom stereocenters. The number of nitrogens with zero attached hydrogens (tertiary/aromatic N) is 1. The van der Waals surface area contributed by atoms with Crippen molar-refractivity contribution in [1.82, 2.24) is 4.98 Å². The molecule has 112 valence electrons. The molecule has 1 N–H and O–H groups in total. The number of aromatic nitrogens is 1. The summed E-state index contributed by atoms with van der Waals surface area (Å²) in [6.07, 6.45) is 1.28. The van der Waals surface area contributed by atoms with Crippen molar-refractivity contribution in [1.29, 1.82) is 0 Å². The summed E-state index contributed by atoms with van der Waals surface area (Å²) in [6, 6.07) is 9.24.